The highest BCUT2D eigenvalue weighted by molar-refractivity contribution is 5.91. The fourth-order valence-electron chi connectivity index (χ4n) is 1.31. The van der Waals surface area contributed by atoms with E-state index in [9.17, 15) is 4.79 Å². The van der Waals surface area contributed by atoms with Crippen LogP contribution in [0.1, 0.15) is 13.8 Å². The number of rotatable bonds is 4. The van der Waals surface area contributed by atoms with Gasteiger partial charge in [-0.25, -0.2) is 0 Å². The lowest BCUT2D eigenvalue weighted by Gasteiger charge is -2.41. The molecule has 1 aliphatic rings. The van der Waals surface area contributed by atoms with Crippen LogP contribution in [-0.2, 0) is 4.79 Å². The van der Waals surface area contributed by atoms with Crippen molar-refractivity contribution in [2.75, 3.05) is 19.6 Å². The van der Waals surface area contributed by atoms with Crippen LogP contribution in [-0.4, -0.2) is 46.3 Å². The summed E-state index contributed by atoms with van der Waals surface area (Å²) in [6.45, 7) is 4.81. The highest BCUT2D eigenvalue weighted by atomic mass is 16.5. The molecule has 0 saturated carbocycles. The second-order valence-electron chi connectivity index (χ2n) is 4.11. The van der Waals surface area contributed by atoms with E-state index in [1.165, 1.54) is 0 Å². The van der Waals surface area contributed by atoms with Gasteiger partial charge in [0.2, 0.25) is 0 Å². The largest absolute Gasteiger partial charge is 0.364 e. The zero-order chi connectivity index (χ0) is 10.8. The molecule has 0 aromatic carbocycles. The number of β-amino-alcohol motifs (C(OH)–C–C–N with tert-alkyl or cyclic N) is 2. The SMILES string of the molecule is CC(C)C(=O)/C=C/CN1CC(O)(O)C1. The second kappa shape index (κ2) is 4.21. The molecule has 0 amide bonds. The number of likely N-dealkylation sites (tertiary alicyclic amines) is 1. The number of ketones is 1. The summed E-state index contributed by atoms with van der Waals surface area (Å²) >= 11 is 0. The second-order valence-corrected chi connectivity index (χ2v) is 4.11. The molecule has 80 valence electrons. The van der Waals surface area contributed by atoms with E-state index in [0.29, 0.717) is 6.54 Å². The average Bonchev–Trinajstić information content (AvgIpc) is 2.00. The Hall–Kier alpha value is -0.710. The van der Waals surface area contributed by atoms with Crippen LogP contribution in [0.5, 0.6) is 0 Å². The van der Waals surface area contributed by atoms with E-state index in [1.54, 1.807) is 12.2 Å². The fraction of sp³-hybridized carbons (Fsp3) is 0.700. The molecule has 0 unspecified atom stereocenters. The Morgan fingerprint density at radius 3 is 2.50 bits per heavy atom. The topological polar surface area (TPSA) is 60.8 Å². The van der Waals surface area contributed by atoms with Gasteiger partial charge in [-0.1, -0.05) is 19.9 Å². The molecule has 2 N–H and O–H groups in total. The molecule has 0 aliphatic carbocycles. The van der Waals surface area contributed by atoms with Gasteiger partial charge >= 0.3 is 0 Å². The van der Waals surface area contributed by atoms with Crippen LogP contribution >= 0.6 is 0 Å². The zero-order valence-electron chi connectivity index (χ0n) is 8.60. The van der Waals surface area contributed by atoms with Crippen molar-refractivity contribution in [3.8, 4) is 0 Å². The molecular formula is C10H17NO3. The van der Waals surface area contributed by atoms with Crippen molar-refractivity contribution in [2.24, 2.45) is 5.92 Å². The molecule has 0 atom stereocenters. The summed E-state index contributed by atoms with van der Waals surface area (Å²) in [5.41, 5.74) is 0. The normalized spacial score (nSPS) is 21.5. The Balaban J connectivity index is 2.19. The summed E-state index contributed by atoms with van der Waals surface area (Å²) in [5, 5.41) is 18.0. The molecule has 1 saturated heterocycles. The highest BCUT2D eigenvalue weighted by Gasteiger charge is 2.37. The van der Waals surface area contributed by atoms with Crippen LogP contribution in [0.4, 0.5) is 0 Å². The van der Waals surface area contributed by atoms with Crippen molar-refractivity contribution in [1.29, 1.82) is 0 Å². The number of nitrogens with zero attached hydrogens (tertiary/aromatic N) is 1. The molecule has 1 rings (SSSR count). The molecule has 1 heterocycles. The van der Waals surface area contributed by atoms with Crippen LogP contribution in [0.15, 0.2) is 12.2 Å². The van der Waals surface area contributed by atoms with E-state index in [1.807, 2.05) is 18.7 Å². The smallest absolute Gasteiger partial charge is 0.188 e. The molecule has 1 fully saturated rings. The number of carbonyl (C=O) groups is 1. The summed E-state index contributed by atoms with van der Waals surface area (Å²) in [7, 11) is 0. The maximum absolute atomic E-state index is 11.2. The van der Waals surface area contributed by atoms with E-state index >= 15 is 0 Å². The first-order valence-electron chi connectivity index (χ1n) is 4.78. The van der Waals surface area contributed by atoms with Gasteiger partial charge in [0.05, 0.1) is 13.1 Å². The average molecular weight is 199 g/mol. The Bertz CT molecular complexity index is 238. The molecular weight excluding hydrogens is 182 g/mol. The Morgan fingerprint density at radius 1 is 1.50 bits per heavy atom. The summed E-state index contributed by atoms with van der Waals surface area (Å²) in [5.74, 6) is -1.39. The number of hydrogen-bond acceptors (Lipinski definition) is 4. The Morgan fingerprint density at radius 2 is 2.07 bits per heavy atom. The predicted molar refractivity (Wildman–Crippen MR) is 52.6 cm³/mol. The van der Waals surface area contributed by atoms with E-state index in [2.05, 4.69) is 0 Å². The standard InChI is InChI=1S/C10H17NO3/c1-8(2)9(12)4-3-5-11-6-10(13,14)7-11/h3-4,8,13-14H,5-7H2,1-2H3/b4-3+. The molecule has 4 heteroatoms. The van der Waals surface area contributed by atoms with Gasteiger partial charge in [0, 0.05) is 12.5 Å². The van der Waals surface area contributed by atoms with Crippen LogP contribution in [0.25, 0.3) is 0 Å². The van der Waals surface area contributed by atoms with Gasteiger partial charge in [0.25, 0.3) is 0 Å². The fourth-order valence-corrected chi connectivity index (χ4v) is 1.31. The van der Waals surface area contributed by atoms with Gasteiger partial charge < -0.3 is 10.2 Å². The monoisotopic (exact) mass is 199 g/mol. The van der Waals surface area contributed by atoms with E-state index in [0.717, 1.165) is 0 Å². The van der Waals surface area contributed by atoms with Crippen molar-refractivity contribution in [1.82, 2.24) is 4.90 Å². The lowest BCUT2D eigenvalue weighted by atomic mass is 10.1. The Labute approximate surface area is 83.8 Å². The molecule has 1 aliphatic heterocycles. The first kappa shape index (κ1) is 11.4. The van der Waals surface area contributed by atoms with Crippen LogP contribution in [0, 0.1) is 5.92 Å². The molecule has 0 aromatic heterocycles. The van der Waals surface area contributed by atoms with Crippen molar-refractivity contribution in [3.05, 3.63) is 12.2 Å². The third-order valence-electron chi connectivity index (χ3n) is 2.17. The summed E-state index contributed by atoms with van der Waals surface area (Å²) in [4.78, 5) is 13.0. The maximum Gasteiger partial charge on any atom is 0.188 e. The van der Waals surface area contributed by atoms with Crippen molar-refractivity contribution in [3.63, 3.8) is 0 Å². The van der Waals surface area contributed by atoms with Gasteiger partial charge in [0.15, 0.2) is 11.6 Å². The number of aliphatic hydroxyl groups is 2. The zero-order valence-corrected chi connectivity index (χ0v) is 8.60. The van der Waals surface area contributed by atoms with Gasteiger partial charge in [-0.15, -0.1) is 0 Å². The third-order valence-corrected chi connectivity index (χ3v) is 2.17. The Kier molecular flexibility index (Phi) is 3.42. The molecule has 14 heavy (non-hydrogen) atoms. The quantitative estimate of drug-likeness (QED) is 0.485. The summed E-state index contributed by atoms with van der Waals surface area (Å²) in [6.07, 6.45) is 3.32. The van der Waals surface area contributed by atoms with Crippen molar-refractivity contribution < 1.29 is 15.0 Å². The predicted octanol–water partition coefficient (Wildman–Crippen LogP) is -0.236. The van der Waals surface area contributed by atoms with E-state index in [4.69, 9.17) is 10.2 Å². The molecule has 0 aromatic rings. The van der Waals surface area contributed by atoms with E-state index < -0.39 is 5.79 Å². The minimum atomic E-state index is -1.52. The molecule has 4 nitrogen and oxygen atoms in total. The number of allylic oxidation sites excluding steroid dienone is 1. The minimum absolute atomic E-state index is 0.0254. The van der Waals surface area contributed by atoms with Gasteiger partial charge in [0.1, 0.15) is 0 Å². The maximum atomic E-state index is 11.2. The van der Waals surface area contributed by atoms with Crippen LogP contribution in [0.2, 0.25) is 0 Å². The lowest BCUT2D eigenvalue weighted by molar-refractivity contribution is -0.240. The van der Waals surface area contributed by atoms with Gasteiger partial charge in [-0.3, -0.25) is 9.69 Å². The lowest BCUT2D eigenvalue weighted by Crippen LogP contribution is -2.61. The first-order valence-corrected chi connectivity index (χ1v) is 4.78. The highest BCUT2D eigenvalue weighted by Crippen LogP contribution is 2.16. The van der Waals surface area contributed by atoms with Crippen molar-refractivity contribution >= 4 is 5.78 Å². The number of hydrogen-bond donors (Lipinski definition) is 2. The molecule has 0 radical (unpaired) electrons. The van der Waals surface area contributed by atoms with Crippen LogP contribution in [0.3, 0.4) is 0 Å². The minimum Gasteiger partial charge on any atom is -0.364 e. The molecule has 0 spiro atoms. The molecule has 0 bridgehead atoms. The third kappa shape index (κ3) is 3.21. The van der Waals surface area contributed by atoms with Crippen LogP contribution < -0.4 is 0 Å². The first-order chi connectivity index (χ1) is 6.41. The van der Waals surface area contributed by atoms with Gasteiger partial charge in [-0.2, -0.15) is 0 Å². The summed E-state index contributed by atoms with van der Waals surface area (Å²) < 4.78 is 0. The number of carbonyl (C=O) groups excluding carboxylic acids is 1. The van der Waals surface area contributed by atoms with E-state index in [-0.39, 0.29) is 24.8 Å². The van der Waals surface area contributed by atoms with Crippen molar-refractivity contribution in [2.45, 2.75) is 19.6 Å². The van der Waals surface area contributed by atoms with Gasteiger partial charge in [-0.05, 0) is 6.08 Å². The summed E-state index contributed by atoms with van der Waals surface area (Å²) in [6, 6.07) is 0.